The van der Waals surface area contributed by atoms with Gasteiger partial charge in [-0.2, -0.15) is 0 Å². The molecule has 112 valence electrons. The number of aliphatic hydroxyl groups excluding tert-OH is 1. The molecule has 0 aliphatic rings. The molecule has 0 atom stereocenters. The Morgan fingerprint density at radius 3 is 2.55 bits per heavy atom. The van der Waals surface area contributed by atoms with Crippen LogP contribution < -0.4 is 0 Å². The standard InChI is InChI=1S/C14H21BrN2O3/c1-3-12(4-2)16(8-9-18)10-11-6-5-7-13(14(11)15)17(19)20/h5-7,12,18H,3-4,8-10H2,1-2H3. The van der Waals surface area contributed by atoms with E-state index in [2.05, 4.69) is 34.7 Å². The lowest BCUT2D eigenvalue weighted by Gasteiger charge is -2.30. The number of halogens is 1. The lowest BCUT2D eigenvalue weighted by atomic mass is 10.1. The van der Waals surface area contributed by atoms with Crippen molar-refractivity contribution in [2.75, 3.05) is 13.2 Å². The van der Waals surface area contributed by atoms with Crippen LogP contribution in [0.1, 0.15) is 32.3 Å². The molecule has 1 rings (SSSR count). The average molecular weight is 345 g/mol. The fourth-order valence-electron chi connectivity index (χ4n) is 2.37. The summed E-state index contributed by atoms with van der Waals surface area (Å²) < 4.78 is 0.527. The molecule has 0 heterocycles. The molecule has 20 heavy (non-hydrogen) atoms. The predicted molar refractivity (Wildman–Crippen MR) is 82.7 cm³/mol. The van der Waals surface area contributed by atoms with E-state index in [0.29, 0.717) is 23.6 Å². The third kappa shape index (κ3) is 4.26. The monoisotopic (exact) mass is 344 g/mol. The maximum Gasteiger partial charge on any atom is 0.283 e. The first kappa shape index (κ1) is 17.1. The lowest BCUT2D eigenvalue weighted by molar-refractivity contribution is -0.385. The quantitative estimate of drug-likeness (QED) is 0.580. The zero-order chi connectivity index (χ0) is 15.1. The van der Waals surface area contributed by atoms with Crippen molar-refractivity contribution < 1.29 is 10.0 Å². The summed E-state index contributed by atoms with van der Waals surface area (Å²) in [6, 6.07) is 5.43. The zero-order valence-electron chi connectivity index (χ0n) is 11.9. The van der Waals surface area contributed by atoms with Crippen LogP contribution in [0.4, 0.5) is 5.69 Å². The van der Waals surface area contributed by atoms with Gasteiger partial charge in [-0.1, -0.05) is 26.0 Å². The number of hydrogen-bond acceptors (Lipinski definition) is 4. The molecule has 0 bridgehead atoms. The Balaban J connectivity index is 2.99. The molecule has 1 aromatic carbocycles. The van der Waals surface area contributed by atoms with E-state index in [4.69, 9.17) is 0 Å². The Bertz CT molecular complexity index is 450. The van der Waals surface area contributed by atoms with Crippen LogP contribution in [-0.2, 0) is 6.54 Å². The maximum atomic E-state index is 11.0. The highest BCUT2D eigenvalue weighted by Crippen LogP contribution is 2.29. The van der Waals surface area contributed by atoms with E-state index in [1.54, 1.807) is 6.07 Å². The van der Waals surface area contributed by atoms with Crippen LogP contribution in [0, 0.1) is 10.1 Å². The van der Waals surface area contributed by atoms with E-state index in [-0.39, 0.29) is 17.2 Å². The third-order valence-corrected chi connectivity index (χ3v) is 4.39. The van der Waals surface area contributed by atoms with E-state index in [1.165, 1.54) is 6.07 Å². The van der Waals surface area contributed by atoms with E-state index >= 15 is 0 Å². The van der Waals surface area contributed by atoms with Crippen LogP contribution in [-0.4, -0.2) is 34.1 Å². The van der Waals surface area contributed by atoms with Gasteiger partial charge in [0.1, 0.15) is 0 Å². The van der Waals surface area contributed by atoms with Crippen molar-refractivity contribution in [2.24, 2.45) is 0 Å². The molecule has 0 saturated heterocycles. The van der Waals surface area contributed by atoms with Crippen molar-refractivity contribution in [3.8, 4) is 0 Å². The van der Waals surface area contributed by atoms with Gasteiger partial charge in [-0.15, -0.1) is 0 Å². The minimum absolute atomic E-state index is 0.0796. The van der Waals surface area contributed by atoms with E-state index < -0.39 is 0 Å². The van der Waals surface area contributed by atoms with Gasteiger partial charge in [0, 0.05) is 25.2 Å². The molecule has 6 heteroatoms. The third-order valence-electron chi connectivity index (χ3n) is 3.47. The molecule has 0 aliphatic carbocycles. The van der Waals surface area contributed by atoms with Crippen molar-refractivity contribution >= 4 is 21.6 Å². The maximum absolute atomic E-state index is 11.0. The van der Waals surface area contributed by atoms with Crippen LogP contribution in [0.15, 0.2) is 22.7 Å². The first-order valence-corrected chi connectivity index (χ1v) is 7.61. The minimum atomic E-state index is -0.388. The first-order chi connectivity index (χ1) is 9.54. The molecular weight excluding hydrogens is 324 g/mol. The number of nitrogens with zero attached hydrogens (tertiary/aromatic N) is 2. The highest BCUT2D eigenvalue weighted by Gasteiger charge is 2.19. The molecule has 0 fully saturated rings. The van der Waals surface area contributed by atoms with Gasteiger partial charge < -0.3 is 5.11 Å². The first-order valence-electron chi connectivity index (χ1n) is 6.81. The van der Waals surface area contributed by atoms with Gasteiger partial charge in [0.25, 0.3) is 5.69 Å². The Hall–Kier alpha value is -0.980. The highest BCUT2D eigenvalue weighted by atomic mass is 79.9. The van der Waals surface area contributed by atoms with E-state index in [0.717, 1.165) is 18.4 Å². The zero-order valence-corrected chi connectivity index (χ0v) is 13.5. The van der Waals surface area contributed by atoms with Crippen LogP contribution in [0.25, 0.3) is 0 Å². The summed E-state index contributed by atoms with van der Waals surface area (Å²) in [7, 11) is 0. The number of aliphatic hydroxyl groups is 1. The minimum Gasteiger partial charge on any atom is -0.395 e. The molecule has 0 amide bonds. The molecule has 0 saturated carbocycles. The summed E-state index contributed by atoms with van der Waals surface area (Å²) in [5.74, 6) is 0. The predicted octanol–water partition coefficient (Wildman–Crippen LogP) is 3.34. The highest BCUT2D eigenvalue weighted by molar-refractivity contribution is 9.10. The molecular formula is C14H21BrN2O3. The number of hydrogen-bond donors (Lipinski definition) is 1. The summed E-state index contributed by atoms with van der Waals surface area (Å²) >= 11 is 3.32. The fraction of sp³-hybridized carbons (Fsp3) is 0.571. The number of rotatable bonds is 8. The number of nitro groups is 1. The molecule has 5 nitrogen and oxygen atoms in total. The molecule has 0 aliphatic heterocycles. The second-order valence-corrected chi connectivity index (χ2v) is 5.46. The average Bonchev–Trinajstić information content (AvgIpc) is 2.42. The summed E-state index contributed by atoms with van der Waals surface area (Å²) in [6.45, 7) is 5.47. The van der Waals surface area contributed by atoms with Crippen molar-refractivity contribution in [3.63, 3.8) is 0 Å². The second-order valence-electron chi connectivity index (χ2n) is 4.67. The fourth-order valence-corrected chi connectivity index (χ4v) is 2.91. The van der Waals surface area contributed by atoms with Crippen molar-refractivity contribution in [3.05, 3.63) is 38.3 Å². The van der Waals surface area contributed by atoms with Crippen LogP contribution in [0.2, 0.25) is 0 Å². The SMILES string of the molecule is CCC(CC)N(CCO)Cc1cccc([N+](=O)[O-])c1Br. The number of nitro benzene ring substituents is 1. The van der Waals surface area contributed by atoms with Crippen molar-refractivity contribution in [2.45, 2.75) is 39.3 Å². The Kier molecular flexibility index (Phi) is 7.12. The van der Waals surface area contributed by atoms with E-state index in [1.807, 2.05) is 6.07 Å². The Morgan fingerprint density at radius 1 is 1.40 bits per heavy atom. The molecule has 1 aromatic rings. The van der Waals surface area contributed by atoms with Crippen molar-refractivity contribution in [1.82, 2.24) is 4.90 Å². The van der Waals surface area contributed by atoms with Crippen LogP contribution in [0.3, 0.4) is 0 Å². The summed E-state index contributed by atoms with van der Waals surface area (Å²) in [5, 5.41) is 20.2. The van der Waals surface area contributed by atoms with Gasteiger partial charge in [-0.05, 0) is 34.3 Å². The molecule has 1 N–H and O–H groups in total. The van der Waals surface area contributed by atoms with Crippen molar-refractivity contribution in [1.29, 1.82) is 0 Å². The normalized spacial score (nSPS) is 11.3. The van der Waals surface area contributed by atoms with Gasteiger partial charge in [-0.3, -0.25) is 15.0 Å². The molecule has 0 radical (unpaired) electrons. The largest absolute Gasteiger partial charge is 0.395 e. The topological polar surface area (TPSA) is 66.6 Å². The van der Waals surface area contributed by atoms with Crippen LogP contribution in [0.5, 0.6) is 0 Å². The molecule has 0 spiro atoms. The van der Waals surface area contributed by atoms with Gasteiger partial charge in [0.2, 0.25) is 0 Å². The van der Waals surface area contributed by atoms with Gasteiger partial charge in [0.05, 0.1) is 16.0 Å². The van der Waals surface area contributed by atoms with E-state index in [9.17, 15) is 15.2 Å². The van der Waals surface area contributed by atoms with Crippen LogP contribution >= 0.6 is 15.9 Å². The van der Waals surface area contributed by atoms with Gasteiger partial charge in [0.15, 0.2) is 0 Å². The summed E-state index contributed by atoms with van der Waals surface area (Å²) in [5.41, 5.74) is 0.954. The lowest BCUT2D eigenvalue weighted by Crippen LogP contribution is -2.36. The Morgan fingerprint density at radius 2 is 2.05 bits per heavy atom. The van der Waals surface area contributed by atoms with Gasteiger partial charge in [-0.25, -0.2) is 0 Å². The summed E-state index contributed by atoms with van der Waals surface area (Å²) in [6.07, 6.45) is 1.98. The summed E-state index contributed by atoms with van der Waals surface area (Å²) in [4.78, 5) is 12.7. The molecule has 0 unspecified atom stereocenters. The Labute approximate surface area is 127 Å². The molecule has 0 aromatic heterocycles. The van der Waals surface area contributed by atoms with Gasteiger partial charge >= 0.3 is 0 Å². The number of benzene rings is 1. The second kappa shape index (κ2) is 8.34. The smallest absolute Gasteiger partial charge is 0.283 e.